The molecule has 0 aromatic carbocycles. The van der Waals surface area contributed by atoms with Crippen LogP contribution in [0, 0.1) is 0 Å². The summed E-state index contributed by atoms with van der Waals surface area (Å²) in [7, 11) is 0. The van der Waals surface area contributed by atoms with E-state index in [0.29, 0.717) is 25.6 Å². The van der Waals surface area contributed by atoms with Gasteiger partial charge in [-0.3, -0.25) is 4.90 Å². The predicted molar refractivity (Wildman–Crippen MR) is 56.9 cm³/mol. The Morgan fingerprint density at radius 1 is 1.44 bits per heavy atom. The second kappa shape index (κ2) is 5.58. The van der Waals surface area contributed by atoms with Gasteiger partial charge in [-0.25, -0.2) is 9.78 Å². The average Bonchev–Trinajstić information content (AvgIpc) is 2.38. The maximum Gasteiger partial charge on any atom is 0.358 e. The molecule has 1 aliphatic rings. The fourth-order valence-corrected chi connectivity index (χ4v) is 1.44. The van der Waals surface area contributed by atoms with E-state index < -0.39 is 0 Å². The minimum atomic E-state index is -0.382. The summed E-state index contributed by atoms with van der Waals surface area (Å²) in [6, 6.07) is 5.17. The molecule has 0 unspecified atom stereocenters. The number of aromatic nitrogens is 1. The largest absolute Gasteiger partial charge is 0.445 e. The molecule has 0 spiro atoms. The Hall–Kier alpha value is -1.46. The summed E-state index contributed by atoms with van der Waals surface area (Å²) in [5, 5.41) is 0. The van der Waals surface area contributed by atoms with Crippen LogP contribution in [0.3, 0.4) is 0 Å². The minimum absolute atomic E-state index is 0.304. The molecule has 0 atom stereocenters. The number of hydrogen-bond donors (Lipinski definition) is 0. The van der Waals surface area contributed by atoms with E-state index in [4.69, 9.17) is 9.47 Å². The van der Waals surface area contributed by atoms with Crippen molar-refractivity contribution < 1.29 is 14.3 Å². The molecule has 5 nitrogen and oxygen atoms in total. The number of ether oxygens (including phenoxy) is 2. The van der Waals surface area contributed by atoms with E-state index >= 15 is 0 Å². The molecule has 16 heavy (non-hydrogen) atoms. The van der Waals surface area contributed by atoms with Gasteiger partial charge >= 0.3 is 5.97 Å². The van der Waals surface area contributed by atoms with Gasteiger partial charge in [0.1, 0.15) is 12.4 Å². The van der Waals surface area contributed by atoms with E-state index in [1.54, 1.807) is 24.4 Å². The highest BCUT2D eigenvalue weighted by Gasteiger charge is 2.13. The lowest BCUT2D eigenvalue weighted by molar-refractivity contribution is -0.0212. The summed E-state index contributed by atoms with van der Waals surface area (Å²) in [6.45, 7) is 3.30. The maximum atomic E-state index is 11.5. The first kappa shape index (κ1) is 11.0. The second-order valence-corrected chi connectivity index (χ2v) is 3.51. The Labute approximate surface area is 94.0 Å². The highest BCUT2D eigenvalue weighted by molar-refractivity contribution is 5.86. The normalized spacial score (nSPS) is 17.0. The van der Waals surface area contributed by atoms with Gasteiger partial charge in [0.05, 0.1) is 13.2 Å². The number of morpholine rings is 1. The van der Waals surface area contributed by atoms with Crippen LogP contribution in [0.5, 0.6) is 0 Å². The molecule has 0 saturated carbocycles. The van der Waals surface area contributed by atoms with Gasteiger partial charge in [0.2, 0.25) is 0 Å². The first-order valence-corrected chi connectivity index (χ1v) is 5.24. The molecule has 86 valence electrons. The highest BCUT2D eigenvalue weighted by Crippen LogP contribution is 2.00. The zero-order valence-electron chi connectivity index (χ0n) is 8.96. The van der Waals surface area contributed by atoms with Gasteiger partial charge in [-0.05, 0) is 12.1 Å². The number of nitrogens with zero attached hydrogens (tertiary/aromatic N) is 2. The molecule has 0 radical (unpaired) electrons. The first-order valence-electron chi connectivity index (χ1n) is 5.24. The molecule has 0 aliphatic carbocycles. The van der Waals surface area contributed by atoms with Crippen molar-refractivity contribution in [3.63, 3.8) is 0 Å². The highest BCUT2D eigenvalue weighted by atomic mass is 16.5. The van der Waals surface area contributed by atoms with Crippen LogP contribution in [0.2, 0.25) is 0 Å². The molecule has 1 saturated heterocycles. The van der Waals surface area contributed by atoms with Crippen LogP contribution in [0.1, 0.15) is 10.5 Å². The van der Waals surface area contributed by atoms with E-state index in [0.717, 1.165) is 13.1 Å². The van der Waals surface area contributed by atoms with Crippen molar-refractivity contribution in [3.8, 4) is 0 Å². The Bertz CT molecular complexity index is 336. The van der Waals surface area contributed by atoms with E-state index in [1.165, 1.54) is 0 Å². The molecule has 2 heterocycles. The zero-order valence-corrected chi connectivity index (χ0v) is 8.96. The molecule has 0 amide bonds. The molecule has 1 aromatic rings. The van der Waals surface area contributed by atoms with Gasteiger partial charge in [-0.2, -0.15) is 0 Å². The number of esters is 1. The summed E-state index contributed by atoms with van der Waals surface area (Å²) in [4.78, 5) is 17.5. The number of pyridine rings is 1. The molecular weight excluding hydrogens is 208 g/mol. The fourth-order valence-electron chi connectivity index (χ4n) is 1.44. The fraction of sp³-hybridized carbons (Fsp3) is 0.455. The van der Waals surface area contributed by atoms with Crippen molar-refractivity contribution in [2.75, 3.05) is 33.0 Å². The van der Waals surface area contributed by atoms with E-state index in [2.05, 4.69) is 4.98 Å². The molecule has 1 aliphatic heterocycles. The Morgan fingerprint density at radius 3 is 2.94 bits per heavy atom. The van der Waals surface area contributed by atoms with Crippen LogP contribution in [0.25, 0.3) is 0 Å². The maximum absolute atomic E-state index is 11.5. The predicted octanol–water partition coefficient (Wildman–Crippen LogP) is 0.528. The van der Waals surface area contributed by atoms with Crippen molar-refractivity contribution in [1.29, 1.82) is 0 Å². The smallest absolute Gasteiger partial charge is 0.358 e. The zero-order chi connectivity index (χ0) is 11.2. The molecule has 2 rings (SSSR count). The third-order valence-electron chi connectivity index (χ3n) is 2.36. The second-order valence-electron chi connectivity index (χ2n) is 3.51. The molecule has 1 fully saturated rings. The lowest BCUT2D eigenvalue weighted by Gasteiger charge is -2.25. The average molecular weight is 222 g/mol. The van der Waals surface area contributed by atoms with Crippen LogP contribution in [0.4, 0.5) is 0 Å². The van der Waals surface area contributed by atoms with Crippen LogP contribution >= 0.6 is 0 Å². The third kappa shape index (κ3) is 3.01. The topological polar surface area (TPSA) is 51.7 Å². The van der Waals surface area contributed by atoms with Crippen molar-refractivity contribution >= 4 is 5.97 Å². The Morgan fingerprint density at radius 2 is 2.25 bits per heavy atom. The van der Waals surface area contributed by atoms with E-state index in [-0.39, 0.29) is 5.97 Å². The lowest BCUT2D eigenvalue weighted by atomic mass is 10.4. The Kier molecular flexibility index (Phi) is 3.85. The third-order valence-corrected chi connectivity index (χ3v) is 2.36. The number of carbonyl (C=O) groups excluding carboxylic acids is 1. The number of hydrogen-bond acceptors (Lipinski definition) is 5. The number of carbonyl (C=O) groups is 1. The summed E-state index contributed by atoms with van der Waals surface area (Å²) in [6.07, 6.45) is 1.57. The molecule has 5 heteroatoms. The monoisotopic (exact) mass is 222 g/mol. The van der Waals surface area contributed by atoms with Gasteiger partial charge < -0.3 is 9.47 Å². The summed E-state index contributed by atoms with van der Waals surface area (Å²) < 4.78 is 10.3. The summed E-state index contributed by atoms with van der Waals surface area (Å²) in [5.41, 5.74) is 0.343. The summed E-state index contributed by atoms with van der Waals surface area (Å²) in [5.74, 6) is -0.382. The first-order chi connectivity index (χ1) is 7.86. The SMILES string of the molecule is O=C(OCN1CCOCC1)c1ccccn1. The van der Waals surface area contributed by atoms with Gasteiger partial charge in [0.15, 0.2) is 0 Å². The van der Waals surface area contributed by atoms with Crippen LogP contribution in [0.15, 0.2) is 24.4 Å². The molecule has 1 aromatic heterocycles. The van der Waals surface area contributed by atoms with Crippen LogP contribution in [-0.2, 0) is 9.47 Å². The quantitative estimate of drug-likeness (QED) is 0.698. The number of rotatable bonds is 3. The van der Waals surface area contributed by atoms with Crippen molar-refractivity contribution in [1.82, 2.24) is 9.88 Å². The van der Waals surface area contributed by atoms with Crippen LogP contribution < -0.4 is 0 Å². The molecule has 0 N–H and O–H groups in total. The van der Waals surface area contributed by atoms with Gasteiger partial charge in [0.25, 0.3) is 0 Å². The van der Waals surface area contributed by atoms with Crippen molar-refractivity contribution in [2.24, 2.45) is 0 Å². The van der Waals surface area contributed by atoms with Crippen molar-refractivity contribution in [3.05, 3.63) is 30.1 Å². The van der Waals surface area contributed by atoms with E-state index in [1.807, 2.05) is 4.90 Å². The minimum Gasteiger partial charge on any atom is -0.445 e. The van der Waals surface area contributed by atoms with Gasteiger partial charge in [-0.1, -0.05) is 6.07 Å². The van der Waals surface area contributed by atoms with Crippen LogP contribution in [-0.4, -0.2) is 48.9 Å². The lowest BCUT2D eigenvalue weighted by Crippen LogP contribution is -2.38. The summed E-state index contributed by atoms with van der Waals surface area (Å²) >= 11 is 0. The standard InChI is InChI=1S/C11H14N2O3/c14-11(10-3-1-2-4-12-10)16-9-13-5-7-15-8-6-13/h1-4H,5-9H2. The Balaban J connectivity index is 1.79. The van der Waals surface area contributed by atoms with E-state index in [9.17, 15) is 4.79 Å². The molecule has 0 bridgehead atoms. The molecular formula is C11H14N2O3. The van der Waals surface area contributed by atoms with Crippen molar-refractivity contribution in [2.45, 2.75) is 0 Å². The van der Waals surface area contributed by atoms with Gasteiger partial charge in [0, 0.05) is 19.3 Å². The van der Waals surface area contributed by atoms with Gasteiger partial charge in [-0.15, -0.1) is 0 Å².